The van der Waals surface area contributed by atoms with Gasteiger partial charge in [-0.1, -0.05) is 18.2 Å². The summed E-state index contributed by atoms with van der Waals surface area (Å²) in [7, 11) is -2.83. The zero-order chi connectivity index (χ0) is 12.6. The van der Waals surface area contributed by atoms with Gasteiger partial charge in [-0.05, 0) is 25.1 Å². The quantitative estimate of drug-likeness (QED) is 0.708. The van der Waals surface area contributed by atoms with Crippen molar-refractivity contribution in [2.45, 2.75) is 6.42 Å². The first-order valence-electron chi connectivity index (χ1n) is 5.64. The predicted molar refractivity (Wildman–Crippen MR) is 69.1 cm³/mol. The van der Waals surface area contributed by atoms with Gasteiger partial charge in [0.25, 0.3) is 0 Å². The van der Waals surface area contributed by atoms with Gasteiger partial charge in [0.15, 0.2) is 0 Å². The fraction of sp³-hybridized carbons (Fsp3) is 0.500. The maximum atomic E-state index is 10.9. The molecule has 0 atom stereocenters. The zero-order valence-corrected chi connectivity index (χ0v) is 10.9. The molecule has 1 aromatic rings. The average molecular weight is 257 g/mol. The second-order valence-electron chi connectivity index (χ2n) is 3.89. The summed E-state index contributed by atoms with van der Waals surface area (Å²) >= 11 is 0. The third-order valence-electron chi connectivity index (χ3n) is 2.16. The third-order valence-corrected chi connectivity index (χ3v) is 3.19. The van der Waals surface area contributed by atoms with Gasteiger partial charge in [-0.25, -0.2) is 8.42 Å². The molecule has 1 aromatic carbocycles. The van der Waals surface area contributed by atoms with Crippen LogP contribution in [-0.4, -0.2) is 40.1 Å². The second kappa shape index (κ2) is 7.29. The predicted octanol–water partition coefficient (Wildman–Crippen LogP) is 1.09. The normalized spacial score (nSPS) is 11.4. The van der Waals surface area contributed by atoms with Gasteiger partial charge in [0.2, 0.25) is 0 Å². The van der Waals surface area contributed by atoms with Crippen LogP contribution in [0.1, 0.15) is 6.42 Å². The molecule has 0 bridgehead atoms. The summed E-state index contributed by atoms with van der Waals surface area (Å²) in [4.78, 5) is 0. The Bertz CT molecular complexity index is 403. The summed E-state index contributed by atoms with van der Waals surface area (Å²) < 4.78 is 27.2. The second-order valence-corrected chi connectivity index (χ2v) is 6.15. The van der Waals surface area contributed by atoms with Crippen molar-refractivity contribution in [1.29, 1.82) is 0 Å². The first kappa shape index (κ1) is 14.0. The molecule has 0 saturated heterocycles. The van der Waals surface area contributed by atoms with E-state index in [1.807, 2.05) is 30.3 Å². The highest BCUT2D eigenvalue weighted by molar-refractivity contribution is 7.90. The summed E-state index contributed by atoms with van der Waals surface area (Å²) in [6.07, 6.45) is 1.90. The molecule has 0 fully saturated rings. The van der Waals surface area contributed by atoms with E-state index in [4.69, 9.17) is 4.74 Å². The molecule has 4 nitrogen and oxygen atoms in total. The summed E-state index contributed by atoms with van der Waals surface area (Å²) in [6.45, 7) is 2.01. The highest BCUT2D eigenvalue weighted by atomic mass is 32.2. The van der Waals surface area contributed by atoms with Gasteiger partial charge >= 0.3 is 0 Å². The Morgan fingerprint density at radius 2 is 1.88 bits per heavy atom. The number of para-hydroxylation sites is 1. The summed E-state index contributed by atoms with van der Waals surface area (Å²) in [5.74, 6) is 1.09. The van der Waals surface area contributed by atoms with Crippen molar-refractivity contribution >= 4 is 9.84 Å². The van der Waals surface area contributed by atoms with Gasteiger partial charge in [0.1, 0.15) is 22.2 Å². The van der Waals surface area contributed by atoms with Crippen LogP contribution in [0.4, 0.5) is 0 Å². The summed E-state index contributed by atoms with van der Waals surface area (Å²) in [5.41, 5.74) is 0. The summed E-state index contributed by atoms with van der Waals surface area (Å²) in [6, 6.07) is 9.60. The van der Waals surface area contributed by atoms with Gasteiger partial charge in [0.05, 0.1) is 5.75 Å². The van der Waals surface area contributed by atoms with Crippen LogP contribution >= 0.6 is 0 Å². The third kappa shape index (κ3) is 7.76. The Morgan fingerprint density at radius 3 is 2.53 bits per heavy atom. The Hall–Kier alpha value is -1.07. The largest absolute Gasteiger partial charge is 0.492 e. The zero-order valence-electron chi connectivity index (χ0n) is 10.1. The molecule has 0 radical (unpaired) electrons. The van der Waals surface area contributed by atoms with E-state index in [1.165, 1.54) is 6.26 Å². The maximum Gasteiger partial charge on any atom is 0.147 e. The highest BCUT2D eigenvalue weighted by Crippen LogP contribution is 2.07. The Balaban J connectivity index is 1.99. The molecular weight excluding hydrogens is 238 g/mol. The lowest BCUT2D eigenvalue weighted by Gasteiger charge is -2.06. The molecule has 0 unspecified atom stereocenters. The van der Waals surface area contributed by atoms with Crippen LogP contribution in [0.25, 0.3) is 0 Å². The molecule has 1 rings (SSSR count). The number of hydrogen-bond acceptors (Lipinski definition) is 4. The van der Waals surface area contributed by atoms with Crippen LogP contribution in [0.15, 0.2) is 30.3 Å². The molecule has 0 amide bonds. The summed E-state index contributed by atoms with van der Waals surface area (Å²) in [5, 5.41) is 3.14. The van der Waals surface area contributed by atoms with Crippen LogP contribution in [0.5, 0.6) is 5.75 Å². The van der Waals surface area contributed by atoms with E-state index < -0.39 is 9.84 Å². The lowest BCUT2D eigenvalue weighted by Crippen LogP contribution is -2.23. The molecule has 96 valence electrons. The average Bonchev–Trinajstić information content (AvgIpc) is 2.28. The monoisotopic (exact) mass is 257 g/mol. The lowest BCUT2D eigenvalue weighted by molar-refractivity contribution is 0.314. The van der Waals surface area contributed by atoms with Crippen LogP contribution < -0.4 is 10.1 Å². The lowest BCUT2D eigenvalue weighted by atomic mass is 10.3. The van der Waals surface area contributed by atoms with Crippen LogP contribution in [-0.2, 0) is 9.84 Å². The highest BCUT2D eigenvalue weighted by Gasteiger charge is 2.00. The van der Waals surface area contributed by atoms with Gasteiger partial charge < -0.3 is 10.1 Å². The fourth-order valence-corrected chi connectivity index (χ4v) is 2.01. The Morgan fingerprint density at radius 1 is 1.18 bits per heavy atom. The molecule has 0 aliphatic carbocycles. The fourth-order valence-electron chi connectivity index (χ4n) is 1.34. The van der Waals surface area contributed by atoms with E-state index in [0.29, 0.717) is 19.6 Å². The molecule has 0 aromatic heterocycles. The number of sulfone groups is 1. The van der Waals surface area contributed by atoms with Crippen LogP contribution in [0.2, 0.25) is 0 Å². The molecule has 0 saturated carbocycles. The number of ether oxygens (including phenoxy) is 1. The molecule has 0 aliphatic rings. The SMILES string of the molecule is CS(=O)(=O)CCCNCCOc1ccccc1. The number of rotatable bonds is 8. The maximum absolute atomic E-state index is 10.9. The number of nitrogens with one attached hydrogen (secondary N) is 1. The Labute approximate surface area is 103 Å². The molecule has 17 heavy (non-hydrogen) atoms. The van der Waals surface area contributed by atoms with Gasteiger partial charge in [0, 0.05) is 12.8 Å². The van der Waals surface area contributed by atoms with Crippen molar-refractivity contribution in [3.8, 4) is 5.75 Å². The molecule has 1 N–H and O–H groups in total. The Kier molecular flexibility index (Phi) is 6.00. The minimum Gasteiger partial charge on any atom is -0.492 e. The van der Waals surface area contributed by atoms with Crippen LogP contribution in [0, 0.1) is 0 Å². The molecule has 0 heterocycles. The van der Waals surface area contributed by atoms with Gasteiger partial charge in [-0.3, -0.25) is 0 Å². The van der Waals surface area contributed by atoms with E-state index >= 15 is 0 Å². The minimum atomic E-state index is -2.83. The van der Waals surface area contributed by atoms with E-state index in [0.717, 1.165) is 12.3 Å². The van der Waals surface area contributed by atoms with Crippen LogP contribution in [0.3, 0.4) is 0 Å². The first-order valence-corrected chi connectivity index (χ1v) is 7.70. The molecular formula is C12H19NO3S. The van der Waals surface area contributed by atoms with E-state index in [-0.39, 0.29) is 5.75 Å². The smallest absolute Gasteiger partial charge is 0.147 e. The molecule has 5 heteroatoms. The van der Waals surface area contributed by atoms with Gasteiger partial charge in [-0.15, -0.1) is 0 Å². The number of benzene rings is 1. The molecule has 0 aliphatic heterocycles. The standard InChI is InChI=1S/C12H19NO3S/c1-17(14,15)11-5-8-13-9-10-16-12-6-3-2-4-7-12/h2-4,6-7,13H,5,8-11H2,1H3. The molecule has 0 spiro atoms. The van der Waals surface area contributed by atoms with Crippen molar-refractivity contribution in [3.63, 3.8) is 0 Å². The van der Waals surface area contributed by atoms with E-state index in [1.54, 1.807) is 0 Å². The number of hydrogen-bond donors (Lipinski definition) is 1. The van der Waals surface area contributed by atoms with E-state index in [2.05, 4.69) is 5.32 Å². The van der Waals surface area contributed by atoms with Crippen molar-refractivity contribution in [3.05, 3.63) is 30.3 Å². The van der Waals surface area contributed by atoms with Crippen molar-refractivity contribution in [1.82, 2.24) is 5.32 Å². The topological polar surface area (TPSA) is 55.4 Å². The van der Waals surface area contributed by atoms with Gasteiger partial charge in [-0.2, -0.15) is 0 Å². The van der Waals surface area contributed by atoms with Crippen molar-refractivity contribution in [2.24, 2.45) is 0 Å². The first-order chi connectivity index (χ1) is 8.08. The van der Waals surface area contributed by atoms with E-state index in [9.17, 15) is 8.42 Å². The minimum absolute atomic E-state index is 0.236. The van der Waals surface area contributed by atoms with Crippen molar-refractivity contribution < 1.29 is 13.2 Å². The van der Waals surface area contributed by atoms with Crippen molar-refractivity contribution in [2.75, 3.05) is 31.7 Å².